The molecular weight excluding hydrogens is 252 g/mol. The average molecular weight is 270 g/mol. The van der Waals surface area contributed by atoms with E-state index in [0.29, 0.717) is 5.56 Å². The molecule has 1 aliphatic rings. The van der Waals surface area contributed by atoms with Crippen molar-refractivity contribution in [3.63, 3.8) is 0 Å². The molecule has 1 aliphatic heterocycles. The van der Waals surface area contributed by atoms with Crippen LogP contribution in [0.2, 0.25) is 0 Å². The second-order valence-corrected chi connectivity index (χ2v) is 4.79. The molecule has 0 aliphatic carbocycles. The van der Waals surface area contributed by atoms with Gasteiger partial charge in [0.1, 0.15) is 6.10 Å². The lowest BCUT2D eigenvalue weighted by Gasteiger charge is -2.21. The zero-order valence-electron chi connectivity index (χ0n) is 11.1. The third-order valence-corrected chi connectivity index (χ3v) is 3.57. The van der Waals surface area contributed by atoms with E-state index in [-0.39, 0.29) is 18.6 Å². The first kappa shape index (κ1) is 14.0. The predicted octanol–water partition coefficient (Wildman–Crippen LogP) is -0.614. The second-order valence-electron chi connectivity index (χ2n) is 4.79. The zero-order valence-corrected chi connectivity index (χ0v) is 11.1. The standard InChI is InChI=1S/C12H18N2O5/c1-6-4-14(12(17)13-10(6)16)11-9(18-3)7(2)8(5-15)19-11/h4,7-9,11,15H,5H2,1-3H3,(H,13,16,17)/t7?,8-,9+,11+/m1/s1. The van der Waals surface area contributed by atoms with Crippen LogP contribution in [0.15, 0.2) is 15.8 Å². The lowest BCUT2D eigenvalue weighted by atomic mass is 10.0. The van der Waals surface area contributed by atoms with Crippen LogP contribution in [0, 0.1) is 12.8 Å². The molecular formula is C12H18N2O5. The van der Waals surface area contributed by atoms with Gasteiger partial charge in [-0.3, -0.25) is 14.3 Å². The molecule has 7 heteroatoms. The molecule has 2 rings (SSSR count). The van der Waals surface area contributed by atoms with E-state index in [0.717, 1.165) is 0 Å². The number of aliphatic hydroxyl groups is 1. The molecule has 1 aromatic rings. The summed E-state index contributed by atoms with van der Waals surface area (Å²) < 4.78 is 12.3. The van der Waals surface area contributed by atoms with Crippen LogP contribution in [-0.4, -0.2) is 40.6 Å². The summed E-state index contributed by atoms with van der Waals surface area (Å²) in [6.07, 6.45) is 0.0408. The average Bonchev–Trinajstić information content (AvgIpc) is 2.70. The summed E-state index contributed by atoms with van der Waals surface area (Å²) >= 11 is 0. The number of aryl methyl sites for hydroxylation is 1. The first-order valence-corrected chi connectivity index (χ1v) is 6.10. The van der Waals surface area contributed by atoms with Crippen molar-refractivity contribution in [2.45, 2.75) is 32.3 Å². The van der Waals surface area contributed by atoms with E-state index in [1.165, 1.54) is 17.9 Å². The van der Waals surface area contributed by atoms with E-state index in [9.17, 15) is 14.7 Å². The molecule has 2 heterocycles. The van der Waals surface area contributed by atoms with Gasteiger partial charge in [0.05, 0.1) is 12.7 Å². The van der Waals surface area contributed by atoms with Gasteiger partial charge in [-0.1, -0.05) is 6.92 Å². The molecule has 1 fully saturated rings. The molecule has 0 amide bonds. The summed E-state index contributed by atoms with van der Waals surface area (Å²) in [5, 5.41) is 9.26. The van der Waals surface area contributed by atoms with Gasteiger partial charge in [-0.15, -0.1) is 0 Å². The van der Waals surface area contributed by atoms with Crippen molar-refractivity contribution in [2.75, 3.05) is 13.7 Å². The van der Waals surface area contributed by atoms with Crippen molar-refractivity contribution in [1.29, 1.82) is 0 Å². The van der Waals surface area contributed by atoms with Gasteiger partial charge in [-0.25, -0.2) is 4.79 Å². The van der Waals surface area contributed by atoms with Crippen LogP contribution in [0.25, 0.3) is 0 Å². The molecule has 2 N–H and O–H groups in total. The number of aliphatic hydroxyl groups excluding tert-OH is 1. The summed E-state index contributed by atoms with van der Waals surface area (Å²) in [4.78, 5) is 25.4. The maximum Gasteiger partial charge on any atom is 0.330 e. The number of aromatic nitrogens is 2. The zero-order chi connectivity index (χ0) is 14.2. The minimum absolute atomic E-state index is 0.0564. The first-order valence-electron chi connectivity index (χ1n) is 6.10. The topological polar surface area (TPSA) is 93.5 Å². The molecule has 1 saturated heterocycles. The second kappa shape index (κ2) is 5.28. The van der Waals surface area contributed by atoms with Gasteiger partial charge in [-0.2, -0.15) is 0 Å². The fourth-order valence-corrected chi connectivity index (χ4v) is 2.39. The van der Waals surface area contributed by atoms with Gasteiger partial charge in [0, 0.05) is 24.8 Å². The smallest absolute Gasteiger partial charge is 0.330 e. The molecule has 7 nitrogen and oxygen atoms in total. The minimum atomic E-state index is -0.653. The Kier molecular flexibility index (Phi) is 3.88. The van der Waals surface area contributed by atoms with Crippen molar-refractivity contribution in [2.24, 2.45) is 5.92 Å². The van der Waals surface area contributed by atoms with Crippen molar-refractivity contribution in [3.8, 4) is 0 Å². The predicted molar refractivity (Wildman–Crippen MR) is 67.0 cm³/mol. The quantitative estimate of drug-likeness (QED) is 0.764. The van der Waals surface area contributed by atoms with Gasteiger partial charge in [0.15, 0.2) is 6.23 Å². The monoisotopic (exact) mass is 270 g/mol. The summed E-state index contributed by atoms with van der Waals surface area (Å²) in [5.74, 6) is -0.0564. The van der Waals surface area contributed by atoms with Crippen LogP contribution in [0.1, 0.15) is 18.7 Å². The number of nitrogens with one attached hydrogen (secondary N) is 1. The Bertz CT molecular complexity index is 564. The highest BCUT2D eigenvalue weighted by molar-refractivity contribution is 5.02. The highest BCUT2D eigenvalue weighted by atomic mass is 16.6. The Hall–Kier alpha value is -1.44. The highest BCUT2D eigenvalue weighted by Crippen LogP contribution is 2.34. The lowest BCUT2D eigenvalue weighted by Crippen LogP contribution is -2.37. The van der Waals surface area contributed by atoms with E-state index in [2.05, 4.69) is 4.98 Å². The van der Waals surface area contributed by atoms with Crippen LogP contribution in [0.5, 0.6) is 0 Å². The molecule has 0 bridgehead atoms. The molecule has 0 spiro atoms. The Labute approximate surface area is 109 Å². The Morgan fingerprint density at radius 2 is 2.21 bits per heavy atom. The highest BCUT2D eigenvalue weighted by Gasteiger charge is 2.43. The maximum atomic E-state index is 11.9. The molecule has 1 aromatic heterocycles. The van der Waals surface area contributed by atoms with Crippen LogP contribution in [0.3, 0.4) is 0 Å². The van der Waals surface area contributed by atoms with Gasteiger partial charge in [0.2, 0.25) is 0 Å². The summed E-state index contributed by atoms with van der Waals surface area (Å²) in [6, 6.07) is 0. The Morgan fingerprint density at radius 1 is 1.53 bits per heavy atom. The van der Waals surface area contributed by atoms with Crippen LogP contribution >= 0.6 is 0 Å². The first-order chi connectivity index (χ1) is 8.99. The number of hydrogen-bond donors (Lipinski definition) is 2. The molecule has 0 aromatic carbocycles. The van der Waals surface area contributed by atoms with Gasteiger partial charge < -0.3 is 14.6 Å². The minimum Gasteiger partial charge on any atom is -0.394 e. The van der Waals surface area contributed by atoms with Crippen molar-refractivity contribution in [1.82, 2.24) is 9.55 Å². The van der Waals surface area contributed by atoms with E-state index in [1.807, 2.05) is 6.92 Å². The van der Waals surface area contributed by atoms with Crippen LogP contribution < -0.4 is 11.2 Å². The summed E-state index contributed by atoms with van der Waals surface area (Å²) in [5.41, 5.74) is -0.549. The van der Waals surface area contributed by atoms with E-state index < -0.39 is 23.6 Å². The van der Waals surface area contributed by atoms with E-state index in [4.69, 9.17) is 9.47 Å². The van der Waals surface area contributed by atoms with Crippen molar-refractivity contribution < 1.29 is 14.6 Å². The van der Waals surface area contributed by atoms with E-state index >= 15 is 0 Å². The molecule has 0 radical (unpaired) electrons. The fourth-order valence-electron chi connectivity index (χ4n) is 2.39. The van der Waals surface area contributed by atoms with Gasteiger partial charge in [-0.05, 0) is 6.92 Å². The number of ether oxygens (including phenoxy) is 2. The van der Waals surface area contributed by atoms with E-state index in [1.54, 1.807) is 6.92 Å². The molecule has 0 saturated carbocycles. The van der Waals surface area contributed by atoms with Gasteiger partial charge >= 0.3 is 5.69 Å². The Balaban J connectivity index is 2.44. The number of aromatic amines is 1. The number of hydrogen-bond acceptors (Lipinski definition) is 5. The third-order valence-electron chi connectivity index (χ3n) is 3.57. The third kappa shape index (κ3) is 2.36. The van der Waals surface area contributed by atoms with Crippen molar-refractivity contribution >= 4 is 0 Å². The van der Waals surface area contributed by atoms with Crippen LogP contribution in [-0.2, 0) is 9.47 Å². The SMILES string of the molecule is CO[C@H]1C(C)[C@@H](CO)O[C@@H]1n1cc(C)c(=O)[nH]c1=O. The maximum absolute atomic E-state index is 11.9. The molecule has 1 unspecified atom stereocenters. The largest absolute Gasteiger partial charge is 0.394 e. The number of methoxy groups -OCH3 is 1. The summed E-state index contributed by atoms with van der Waals surface area (Å²) in [7, 11) is 1.53. The van der Waals surface area contributed by atoms with Crippen molar-refractivity contribution in [3.05, 3.63) is 32.6 Å². The number of H-pyrrole nitrogens is 1. The number of rotatable bonds is 3. The normalized spacial score (nSPS) is 30.7. The van der Waals surface area contributed by atoms with Gasteiger partial charge in [0.25, 0.3) is 5.56 Å². The molecule has 19 heavy (non-hydrogen) atoms. The lowest BCUT2D eigenvalue weighted by molar-refractivity contribution is -0.0626. The van der Waals surface area contributed by atoms with Crippen LogP contribution in [0.4, 0.5) is 0 Å². The molecule has 4 atom stereocenters. The Morgan fingerprint density at radius 3 is 2.79 bits per heavy atom. The number of nitrogens with zero attached hydrogens (tertiary/aromatic N) is 1. The fraction of sp³-hybridized carbons (Fsp3) is 0.667. The molecule has 106 valence electrons. The summed E-state index contributed by atoms with van der Waals surface area (Å²) in [6.45, 7) is 3.35.